The molecule has 0 bridgehead atoms. The predicted molar refractivity (Wildman–Crippen MR) is 62.5 cm³/mol. The third-order valence-corrected chi connectivity index (χ3v) is 3.09. The molecular formula is C11H14FN3O2. The molecule has 17 heavy (non-hydrogen) atoms. The van der Waals surface area contributed by atoms with E-state index in [9.17, 15) is 14.5 Å². The summed E-state index contributed by atoms with van der Waals surface area (Å²) in [6.07, 6.45) is 1.82. The van der Waals surface area contributed by atoms with Crippen molar-refractivity contribution in [3.63, 3.8) is 0 Å². The normalized spacial score (nSPS) is 19.6. The average molecular weight is 239 g/mol. The van der Waals surface area contributed by atoms with Crippen LogP contribution in [0.3, 0.4) is 0 Å². The Balaban J connectivity index is 2.42. The first-order valence-corrected chi connectivity index (χ1v) is 5.54. The van der Waals surface area contributed by atoms with Gasteiger partial charge in [0.1, 0.15) is 11.5 Å². The minimum atomic E-state index is -0.485. The van der Waals surface area contributed by atoms with E-state index >= 15 is 0 Å². The molecule has 1 atom stereocenters. The van der Waals surface area contributed by atoms with Crippen LogP contribution in [-0.2, 0) is 0 Å². The van der Waals surface area contributed by atoms with Gasteiger partial charge < -0.3 is 10.6 Å². The molecule has 92 valence electrons. The van der Waals surface area contributed by atoms with Crippen LogP contribution < -0.4 is 10.6 Å². The molecule has 0 saturated carbocycles. The summed E-state index contributed by atoms with van der Waals surface area (Å²) >= 11 is 0. The van der Waals surface area contributed by atoms with Crippen molar-refractivity contribution in [3.8, 4) is 0 Å². The molecule has 0 aromatic heterocycles. The molecule has 0 spiro atoms. The fourth-order valence-corrected chi connectivity index (χ4v) is 2.28. The summed E-state index contributed by atoms with van der Waals surface area (Å²) in [4.78, 5) is 12.3. The highest BCUT2D eigenvalue weighted by Crippen LogP contribution is 2.33. The van der Waals surface area contributed by atoms with Gasteiger partial charge in [0.15, 0.2) is 0 Å². The van der Waals surface area contributed by atoms with E-state index in [0.717, 1.165) is 18.9 Å². The van der Waals surface area contributed by atoms with Crippen molar-refractivity contribution in [2.24, 2.45) is 5.73 Å². The summed E-state index contributed by atoms with van der Waals surface area (Å²) in [5.74, 6) is -0.465. The highest BCUT2D eigenvalue weighted by Gasteiger charge is 2.29. The largest absolute Gasteiger partial charge is 0.362 e. The zero-order valence-electron chi connectivity index (χ0n) is 9.30. The molecule has 1 aliphatic heterocycles. The Morgan fingerprint density at radius 3 is 3.00 bits per heavy atom. The number of hydrogen-bond donors (Lipinski definition) is 1. The number of nitro benzene ring substituents is 1. The second-order valence-electron chi connectivity index (χ2n) is 4.12. The number of rotatable bonds is 3. The lowest BCUT2D eigenvalue weighted by molar-refractivity contribution is -0.384. The molecule has 6 heteroatoms. The highest BCUT2D eigenvalue weighted by atomic mass is 19.1. The van der Waals surface area contributed by atoms with Crippen molar-refractivity contribution >= 4 is 11.4 Å². The standard InChI is InChI=1S/C11H14FN3O2/c12-8-3-4-10(15(16)17)11(6-8)14-5-1-2-9(14)7-13/h3-4,6,9H,1-2,5,7,13H2. The van der Waals surface area contributed by atoms with Crippen molar-refractivity contribution in [2.45, 2.75) is 18.9 Å². The van der Waals surface area contributed by atoms with E-state index in [0.29, 0.717) is 18.8 Å². The first-order valence-electron chi connectivity index (χ1n) is 5.54. The van der Waals surface area contributed by atoms with Crippen LogP contribution in [-0.4, -0.2) is 24.1 Å². The monoisotopic (exact) mass is 239 g/mol. The molecule has 1 unspecified atom stereocenters. The topological polar surface area (TPSA) is 72.4 Å². The van der Waals surface area contributed by atoms with Gasteiger partial charge in [-0.2, -0.15) is 0 Å². The molecule has 1 saturated heterocycles. The van der Waals surface area contributed by atoms with Crippen molar-refractivity contribution in [2.75, 3.05) is 18.0 Å². The lowest BCUT2D eigenvalue weighted by Gasteiger charge is -2.25. The zero-order chi connectivity index (χ0) is 12.4. The quantitative estimate of drug-likeness (QED) is 0.643. The Bertz CT molecular complexity index is 439. The zero-order valence-corrected chi connectivity index (χ0v) is 9.30. The highest BCUT2D eigenvalue weighted by molar-refractivity contribution is 5.64. The van der Waals surface area contributed by atoms with Crippen LogP contribution in [0.15, 0.2) is 18.2 Å². The van der Waals surface area contributed by atoms with Gasteiger partial charge in [-0.05, 0) is 18.9 Å². The summed E-state index contributed by atoms with van der Waals surface area (Å²) in [6, 6.07) is 3.59. The van der Waals surface area contributed by atoms with Crippen molar-refractivity contribution < 1.29 is 9.31 Å². The van der Waals surface area contributed by atoms with E-state index in [1.807, 2.05) is 4.90 Å². The molecule has 0 aliphatic carbocycles. The molecule has 5 nitrogen and oxygen atoms in total. The first-order chi connectivity index (χ1) is 8.13. The Kier molecular flexibility index (Phi) is 3.23. The van der Waals surface area contributed by atoms with Crippen LogP contribution in [0.4, 0.5) is 15.8 Å². The van der Waals surface area contributed by atoms with E-state index in [4.69, 9.17) is 5.73 Å². The van der Waals surface area contributed by atoms with Crippen LogP contribution in [0.5, 0.6) is 0 Å². The molecule has 1 heterocycles. The molecule has 2 N–H and O–H groups in total. The number of hydrogen-bond acceptors (Lipinski definition) is 4. The number of nitrogens with two attached hydrogens (primary N) is 1. The summed E-state index contributed by atoms with van der Waals surface area (Å²) in [5, 5.41) is 10.9. The van der Waals surface area contributed by atoms with E-state index in [2.05, 4.69) is 0 Å². The predicted octanol–water partition coefficient (Wildman–Crippen LogP) is 1.66. The summed E-state index contributed by atoms with van der Waals surface area (Å²) in [7, 11) is 0. The van der Waals surface area contributed by atoms with E-state index in [-0.39, 0.29) is 11.7 Å². The van der Waals surface area contributed by atoms with Crippen LogP contribution in [0.2, 0.25) is 0 Å². The maximum Gasteiger partial charge on any atom is 0.292 e. The van der Waals surface area contributed by atoms with E-state index < -0.39 is 10.7 Å². The Morgan fingerprint density at radius 1 is 1.59 bits per heavy atom. The number of nitrogens with zero attached hydrogens (tertiary/aromatic N) is 2. The number of anilines is 1. The van der Waals surface area contributed by atoms with Crippen LogP contribution in [0, 0.1) is 15.9 Å². The lowest BCUT2D eigenvalue weighted by Crippen LogP contribution is -2.35. The van der Waals surface area contributed by atoms with Crippen LogP contribution >= 0.6 is 0 Å². The maximum atomic E-state index is 13.2. The Hall–Kier alpha value is -1.69. The van der Waals surface area contributed by atoms with Crippen LogP contribution in [0.1, 0.15) is 12.8 Å². The summed E-state index contributed by atoms with van der Waals surface area (Å²) in [6.45, 7) is 1.11. The average Bonchev–Trinajstić information content (AvgIpc) is 2.76. The molecular weight excluding hydrogens is 225 g/mol. The first kappa shape index (κ1) is 11.8. The maximum absolute atomic E-state index is 13.2. The van der Waals surface area contributed by atoms with Gasteiger partial charge in [-0.25, -0.2) is 4.39 Å². The van der Waals surface area contributed by atoms with Gasteiger partial charge >= 0.3 is 0 Å². The number of benzene rings is 1. The van der Waals surface area contributed by atoms with Crippen molar-refractivity contribution in [3.05, 3.63) is 34.1 Å². The fourth-order valence-electron chi connectivity index (χ4n) is 2.28. The van der Waals surface area contributed by atoms with Gasteiger partial charge in [-0.3, -0.25) is 10.1 Å². The SMILES string of the molecule is NCC1CCCN1c1cc(F)ccc1[N+](=O)[O-]. The minimum absolute atomic E-state index is 0.0632. The van der Waals surface area contributed by atoms with Gasteiger partial charge in [0, 0.05) is 31.3 Å². The molecule has 1 aromatic carbocycles. The second kappa shape index (κ2) is 4.67. The van der Waals surface area contributed by atoms with Gasteiger partial charge in [0.05, 0.1) is 4.92 Å². The summed E-state index contributed by atoms with van der Waals surface area (Å²) < 4.78 is 13.2. The third kappa shape index (κ3) is 2.21. The molecule has 1 aromatic rings. The van der Waals surface area contributed by atoms with Gasteiger partial charge in [0.25, 0.3) is 5.69 Å². The number of halogens is 1. The minimum Gasteiger partial charge on any atom is -0.362 e. The molecule has 1 fully saturated rings. The Labute approximate surface area is 98.2 Å². The molecule has 1 aliphatic rings. The van der Waals surface area contributed by atoms with Crippen molar-refractivity contribution in [1.29, 1.82) is 0 Å². The molecule has 2 rings (SSSR count). The fraction of sp³-hybridized carbons (Fsp3) is 0.455. The lowest BCUT2D eigenvalue weighted by atomic mass is 10.2. The second-order valence-corrected chi connectivity index (χ2v) is 4.12. The molecule has 0 amide bonds. The number of nitro groups is 1. The van der Waals surface area contributed by atoms with Gasteiger partial charge in [0.2, 0.25) is 0 Å². The summed E-state index contributed by atoms with van der Waals surface area (Å²) in [5.41, 5.74) is 5.89. The van der Waals surface area contributed by atoms with Crippen LogP contribution in [0.25, 0.3) is 0 Å². The van der Waals surface area contributed by atoms with E-state index in [1.165, 1.54) is 12.1 Å². The third-order valence-electron chi connectivity index (χ3n) is 3.09. The smallest absolute Gasteiger partial charge is 0.292 e. The molecule has 0 radical (unpaired) electrons. The van der Waals surface area contributed by atoms with Gasteiger partial charge in [-0.1, -0.05) is 0 Å². The Morgan fingerprint density at radius 2 is 2.35 bits per heavy atom. The van der Waals surface area contributed by atoms with E-state index in [1.54, 1.807) is 0 Å². The van der Waals surface area contributed by atoms with Gasteiger partial charge in [-0.15, -0.1) is 0 Å². The van der Waals surface area contributed by atoms with Crippen molar-refractivity contribution in [1.82, 2.24) is 0 Å².